The number of ketones is 2. The van der Waals surface area contributed by atoms with E-state index in [2.05, 4.69) is 53.8 Å². The number of alkyl halides is 2. The number of unbranched alkanes of at least 4 members (excludes halogenated alkanes) is 2. The van der Waals surface area contributed by atoms with Gasteiger partial charge in [-0.15, -0.1) is 0 Å². The molecule has 5 aliphatic carbocycles. The summed E-state index contributed by atoms with van der Waals surface area (Å²) in [6.45, 7) is 10.4. The number of halogens is 2. The number of fused-ring (bicyclic) bond motifs is 9. The Bertz CT molecular complexity index is 4120. The third-order valence-corrected chi connectivity index (χ3v) is 24.5. The van der Waals surface area contributed by atoms with Crippen molar-refractivity contribution in [1.82, 2.24) is 31.9 Å². The average molecular weight is 1680 g/mol. The van der Waals surface area contributed by atoms with Gasteiger partial charge in [-0.05, 0) is 125 Å². The zero-order valence-electron chi connectivity index (χ0n) is 69.4. The highest BCUT2D eigenvalue weighted by Crippen LogP contribution is 2.72. The van der Waals surface area contributed by atoms with E-state index in [1.165, 1.54) is 26.0 Å². The van der Waals surface area contributed by atoms with Crippen molar-refractivity contribution in [2.75, 3.05) is 90.6 Å². The Kier molecular flexibility index (Phi) is 34.1. The standard InChI is InChI=1S/C86H120F2N10O22/c1-7-18-73-119-68-45-57-58-44-60(87)59-43-56(100)30-32-83(59,5)85(58,88)66(101)46-84(57,6)86(68,120-73)67(102)47-92-79(110)52(4)93-81(112)74(51(2)3)96-80(111)62(23-11-9-17-33-90-71(105)50-117-64-25-12-8-10-22-61(75(64)97-89)95-82-78(109)77(108)76(107)65(49-99)118-82)94-70(104)31-35-113-37-39-115-41-42-116-40-38-114-36-34-91-69(103)28-29-72(106)98-48-55-21-14-13-19-53(55)26-27-54-20-15-16-24-63(54)98/h13-16,19-21,24,30,32,43,51-52,57-58,60,62,64-66,68,73-74,76-78,82,99,101,107-109H,7-12,17-18,22-23,25,28-29,31,33-42,44-50,89H2,1-6H3,(H,90,105)(H,91,103)(H,92,110)(H,93,112)(H,94,104)(H,96,111)/t52-,57-,58-,60-,62+,64?,65+,66-,68+,73?,74-,76-,77-,78+,82+,83-,84-,85-,86+/m0/s1. The fraction of sp³-hybridized carbons (Fsp3) is 0.663. The number of hydrogen-bond acceptors (Lipinski definition) is 25. The first-order chi connectivity index (χ1) is 57.5. The normalized spacial score (nSPS) is 30.0. The van der Waals surface area contributed by atoms with E-state index in [1.54, 1.807) is 25.7 Å². The predicted molar refractivity (Wildman–Crippen MR) is 433 cm³/mol. The summed E-state index contributed by atoms with van der Waals surface area (Å²) in [6, 6.07) is 11.4. The van der Waals surface area contributed by atoms with E-state index in [1.807, 2.05) is 55.5 Å². The van der Waals surface area contributed by atoms with Crippen molar-refractivity contribution in [2.45, 2.75) is 248 Å². The molecule has 4 saturated carbocycles. The molecule has 2 unspecified atom stereocenters. The van der Waals surface area contributed by atoms with Crippen LogP contribution in [0.5, 0.6) is 0 Å². The number of benzene rings is 2. The minimum absolute atomic E-state index is 0.0000990. The van der Waals surface area contributed by atoms with Crippen molar-refractivity contribution in [2.24, 2.45) is 44.5 Å². The molecule has 13 N–H and O–H groups in total. The molecular formula is C86H120F2N10O22. The summed E-state index contributed by atoms with van der Waals surface area (Å²) in [5, 5.41) is 73.6. The number of rotatable bonds is 41. The third-order valence-electron chi connectivity index (χ3n) is 24.5. The minimum atomic E-state index is -2.44. The Labute approximate surface area is 698 Å². The summed E-state index contributed by atoms with van der Waals surface area (Å²) in [4.78, 5) is 130. The van der Waals surface area contributed by atoms with Gasteiger partial charge >= 0.3 is 0 Å². The number of nitrogens with two attached hydrogens (primary N) is 1. The van der Waals surface area contributed by atoms with E-state index in [-0.39, 0.29) is 134 Å². The maximum absolute atomic E-state index is 18.2. The molecule has 19 atom stereocenters. The second-order valence-electron chi connectivity index (χ2n) is 32.9. The van der Waals surface area contributed by atoms with Crippen molar-refractivity contribution in [1.29, 1.82) is 0 Å². The molecular weight excluding hydrogens is 1560 g/mol. The van der Waals surface area contributed by atoms with Crippen LogP contribution in [0.4, 0.5) is 14.5 Å². The van der Waals surface area contributed by atoms with Gasteiger partial charge in [-0.25, -0.2) is 8.78 Å². The molecule has 3 aliphatic heterocycles. The number of aliphatic hydroxyl groups excluding tert-OH is 5. The Hall–Kier alpha value is -8.41. The zero-order chi connectivity index (χ0) is 86.5. The highest BCUT2D eigenvalue weighted by molar-refractivity contribution is 6.44. The fourth-order valence-corrected chi connectivity index (χ4v) is 18.0. The summed E-state index contributed by atoms with van der Waals surface area (Å²) < 4.78 is 81.8. The number of allylic oxidation sites excluding steroid dienone is 4. The predicted octanol–water partition coefficient (Wildman–Crippen LogP) is 2.89. The van der Waals surface area contributed by atoms with Crippen molar-refractivity contribution in [3.8, 4) is 11.8 Å². The molecule has 34 heteroatoms. The second-order valence-corrected chi connectivity index (χ2v) is 32.9. The molecule has 7 amide bonds. The molecule has 3 heterocycles. The van der Waals surface area contributed by atoms with Gasteiger partial charge in [-0.1, -0.05) is 108 Å². The molecule has 0 radical (unpaired) electrons. The van der Waals surface area contributed by atoms with Crippen LogP contribution in [0.1, 0.15) is 167 Å². The van der Waals surface area contributed by atoms with Crippen molar-refractivity contribution in [3.63, 3.8) is 0 Å². The maximum atomic E-state index is 18.2. The van der Waals surface area contributed by atoms with Crippen LogP contribution in [-0.2, 0) is 87.6 Å². The topological polar surface area (TPSA) is 455 Å². The summed E-state index contributed by atoms with van der Waals surface area (Å²) in [7, 11) is 0. The number of ether oxygens (including phenoxy) is 8. The van der Waals surface area contributed by atoms with Crippen LogP contribution in [0.2, 0.25) is 0 Å². The fourth-order valence-electron chi connectivity index (χ4n) is 18.0. The van der Waals surface area contributed by atoms with Crippen molar-refractivity contribution < 1.29 is 115 Å². The molecule has 10 rings (SSSR count). The highest BCUT2D eigenvalue weighted by Gasteiger charge is 2.80. The van der Waals surface area contributed by atoms with Crippen LogP contribution < -0.4 is 42.6 Å². The van der Waals surface area contributed by atoms with Crippen LogP contribution in [-0.4, -0.2) is 266 Å². The maximum Gasteiger partial charge on any atom is 0.246 e. The number of aliphatic hydroxyl groups is 5. The number of anilines is 1. The Balaban J connectivity index is 0.670. The summed E-state index contributed by atoms with van der Waals surface area (Å²) in [6.07, 6.45) is -5.45. The number of nitrogens with one attached hydrogen (secondary N) is 6. The number of hydrazone groups is 1. The van der Waals surface area contributed by atoms with Gasteiger partial charge in [0.15, 0.2) is 35.4 Å². The van der Waals surface area contributed by atoms with Gasteiger partial charge < -0.3 is 106 Å². The lowest BCUT2D eigenvalue weighted by Crippen LogP contribution is -2.71. The summed E-state index contributed by atoms with van der Waals surface area (Å²) >= 11 is 0. The largest absolute Gasteiger partial charge is 0.394 e. The number of para-hydroxylation sites is 1. The second kappa shape index (κ2) is 43.6. The van der Waals surface area contributed by atoms with E-state index in [9.17, 15) is 63.9 Å². The van der Waals surface area contributed by atoms with Gasteiger partial charge in [-0.3, -0.25) is 48.1 Å². The molecule has 2 saturated heterocycles. The van der Waals surface area contributed by atoms with Gasteiger partial charge in [0.2, 0.25) is 41.4 Å². The molecule has 120 heavy (non-hydrogen) atoms. The zero-order valence-corrected chi connectivity index (χ0v) is 69.4. The van der Waals surface area contributed by atoms with Crippen molar-refractivity contribution >= 4 is 70.0 Å². The Morgan fingerprint density at radius 3 is 2.14 bits per heavy atom. The van der Waals surface area contributed by atoms with Gasteiger partial charge in [-0.2, -0.15) is 5.10 Å². The first-order valence-electron chi connectivity index (χ1n) is 42.1. The molecule has 2 aromatic carbocycles. The number of carbonyl (C=O) groups is 9. The van der Waals surface area contributed by atoms with Crippen LogP contribution in [0.3, 0.4) is 0 Å². The quantitative estimate of drug-likeness (QED) is 0.0197. The van der Waals surface area contributed by atoms with Gasteiger partial charge in [0.1, 0.15) is 67.1 Å². The van der Waals surface area contributed by atoms with Crippen LogP contribution in [0, 0.1) is 40.4 Å². The SMILES string of the molecule is CCCC1O[C@@H]2C[C@H]3[C@@H]4C[C@H](F)C5=CC(=O)C=C[C@]5(C)[C@@]4(F)[C@@H](O)C[C@]3(C)[C@]2(C(=O)CNC(=O)[C@H](C)NC(=O)[C@@H](NC(=O)[C@@H](CCCCCNC(=O)COC2CCCCCC(=N[C@@H]3O[C@H](CO)[C@H](O)[C@H](O)[C@H]3O)C2=NN)NC(=O)CCOCCOCCOCCOCCNC(=O)CCC(=O)N2Cc3ccccc3C#Cc3ccccc32)C(C)C)O1. The lowest BCUT2D eigenvalue weighted by atomic mass is 9.44. The van der Waals surface area contributed by atoms with Gasteiger partial charge in [0.05, 0.1) is 96.2 Å². The Morgan fingerprint density at radius 1 is 0.733 bits per heavy atom. The molecule has 0 aromatic heterocycles. The van der Waals surface area contributed by atoms with Crippen LogP contribution >= 0.6 is 0 Å². The monoisotopic (exact) mass is 1680 g/mol. The molecule has 32 nitrogen and oxygen atoms in total. The van der Waals surface area contributed by atoms with E-state index < -0.39 is 180 Å². The number of Topliss-reactive ketones (excluding diaryl/α,β-unsaturated/α-hetero) is 1. The van der Waals surface area contributed by atoms with Gasteiger partial charge in [0.25, 0.3) is 0 Å². The van der Waals surface area contributed by atoms with E-state index >= 15 is 13.6 Å². The van der Waals surface area contributed by atoms with Gasteiger partial charge in [0, 0.05) is 60.2 Å². The minimum Gasteiger partial charge on any atom is -0.394 e. The molecule has 660 valence electrons. The number of aliphatic imine (C=N–C) groups is 1. The van der Waals surface area contributed by atoms with E-state index in [0.717, 1.165) is 29.2 Å². The molecule has 2 aromatic rings. The van der Waals surface area contributed by atoms with Crippen LogP contribution in [0.25, 0.3) is 0 Å². The number of amides is 7. The number of carbonyl (C=O) groups excluding carboxylic acids is 9. The molecule has 0 bridgehead atoms. The lowest BCUT2D eigenvalue weighted by Gasteiger charge is -2.63. The summed E-state index contributed by atoms with van der Waals surface area (Å²) in [5.41, 5.74) is -3.61. The molecule has 6 fully saturated rings. The van der Waals surface area contributed by atoms with E-state index in [0.29, 0.717) is 75.7 Å². The smallest absolute Gasteiger partial charge is 0.246 e. The third kappa shape index (κ3) is 22.1. The first kappa shape index (κ1) is 93.9. The number of nitrogens with zero attached hydrogens (tertiary/aromatic N) is 3. The lowest BCUT2D eigenvalue weighted by molar-refractivity contribution is -0.234. The van der Waals surface area contributed by atoms with Crippen LogP contribution in [0.15, 0.2) is 82.4 Å². The van der Waals surface area contributed by atoms with E-state index in [4.69, 9.17) is 43.7 Å². The molecule has 0 spiro atoms. The van der Waals surface area contributed by atoms with Crippen molar-refractivity contribution in [3.05, 3.63) is 89.0 Å². The molecule has 8 aliphatic rings. The Morgan fingerprint density at radius 2 is 1.43 bits per heavy atom. The number of hydrogen-bond donors (Lipinski definition) is 12. The highest BCUT2D eigenvalue weighted by atomic mass is 19.1. The summed E-state index contributed by atoms with van der Waals surface area (Å²) in [5.74, 6) is 4.90. The average Bonchev–Trinajstić information content (AvgIpc) is 1.47. The first-order valence-corrected chi connectivity index (χ1v) is 42.1.